The van der Waals surface area contributed by atoms with Gasteiger partial charge in [-0.1, -0.05) is 19.1 Å². The van der Waals surface area contributed by atoms with Gasteiger partial charge in [-0.2, -0.15) is 0 Å². The molecule has 3 N–H and O–H groups in total. The number of carboxylic acids is 1. The summed E-state index contributed by atoms with van der Waals surface area (Å²) in [5.74, 6) is -0.558. The van der Waals surface area contributed by atoms with Crippen molar-refractivity contribution in [1.29, 1.82) is 0 Å². The first kappa shape index (κ1) is 12.5. The molecule has 4 nitrogen and oxygen atoms in total. The first-order valence-electron chi connectivity index (χ1n) is 5.37. The van der Waals surface area contributed by atoms with Crippen molar-refractivity contribution in [2.45, 2.75) is 25.8 Å². The summed E-state index contributed by atoms with van der Waals surface area (Å²) in [6.07, 6.45) is 0.999. The second-order valence-corrected chi connectivity index (χ2v) is 3.65. The molecule has 0 spiro atoms. The van der Waals surface area contributed by atoms with Crippen LogP contribution in [0, 0.1) is 0 Å². The largest absolute Gasteiger partial charge is 0.508 e. The SMILES string of the molecule is CCC(NCCC(=O)O)c1ccc(O)cc1. The summed E-state index contributed by atoms with van der Waals surface area (Å²) >= 11 is 0. The number of aromatic hydroxyl groups is 1. The predicted octanol–water partition coefficient (Wildman–Crippen LogP) is 1.91. The van der Waals surface area contributed by atoms with Crippen LogP contribution in [-0.4, -0.2) is 22.7 Å². The average Bonchev–Trinajstić information content (AvgIpc) is 2.26. The first-order valence-corrected chi connectivity index (χ1v) is 5.37. The van der Waals surface area contributed by atoms with Crippen LogP contribution in [0.5, 0.6) is 5.75 Å². The van der Waals surface area contributed by atoms with Gasteiger partial charge >= 0.3 is 5.97 Å². The lowest BCUT2D eigenvalue weighted by atomic mass is 10.0. The topological polar surface area (TPSA) is 69.6 Å². The quantitative estimate of drug-likeness (QED) is 0.689. The van der Waals surface area contributed by atoms with Crippen LogP contribution in [0.4, 0.5) is 0 Å². The molecule has 0 radical (unpaired) electrons. The molecule has 1 aromatic carbocycles. The molecule has 0 heterocycles. The number of rotatable bonds is 6. The smallest absolute Gasteiger partial charge is 0.304 e. The molecule has 0 fully saturated rings. The standard InChI is InChI=1S/C12H17NO3/c1-2-11(13-8-7-12(15)16)9-3-5-10(14)6-4-9/h3-6,11,13-14H,2,7-8H2,1H3,(H,15,16). The summed E-state index contributed by atoms with van der Waals surface area (Å²) in [6, 6.07) is 7.10. The fourth-order valence-electron chi connectivity index (χ4n) is 1.56. The number of hydrogen-bond donors (Lipinski definition) is 3. The Kier molecular flexibility index (Phi) is 4.79. The normalized spacial score (nSPS) is 12.3. The molecule has 1 unspecified atom stereocenters. The van der Waals surface area contributed by atoms with Crippen molar-refractivity contribution >= 4 is 5.97 Å². The van der Waals surface area contributed by atoms with E-state index in [4.69, 9.17) is 10.2 Å². The van der Waals surface area contributed by atoms with E-state index in [-0.39, 0.29) is 18.2 Å². The van der Waals surface area contributed by atoms with Gasteiger partial charge in [0.05, 0.1) is 6.42 Å². The van der Waals surface area contributed by atoms with Gasteiger partial charge < -0.3 is 15.5 Å². The molecular formula is C12H17NO3. The summed E-state index contributed by atoms with van der Waals surface area (Å²) in [6.45, 7) is 2.49. The Balaban J connectivity index is 2.53. The van der Waals surface area contributed by atoms with Crippen LogP contribution in [0.3, 0.4) is 0 Å². The van der Waals surface area contributed by atoms with E-state index in [0.29, 0.717) is 6.54 Å². The van der Waals surface area contributed by atoms with E-state index in [1.165, 1.54) is 0 Å². The summed E-state index contributed by atoms with van der Waals surface area (Å²) in [5.41, 5.74) is 1.06. The third-order valence-corrected chi connectivity index (χ3v) is 2.43. The molecule has 16 heavy (non-hydrogen) atoms. The number of phenolic OH excluding ortho intramolecular Hbond substituents is 1. The first-order chi connectivity index (χ1) is 7.63. The van der Waals surface area contributed by atoms with Crippen molar-refractivity contribution in [2.75, 3.05) is 6.54 Å². The van der Waals surface area contributed by atoms with Crippen molar-refractivity contribution in [3.8, 4) is 5.75 Å². The van der Waals surface area contributed by atoms with E-state index in [9.17, 15) is 4.79 Å². The molecule has 0 saturated carbocycles. The van der Waals surface area contributed by atoms with Crippen LogP contribution in [0.15, 0.2) is 24.3 Å². The lowest BCUT2D eigenvalue weighted by Crippen LogP contribution is -2.23. The monoisotopic (exact) mass is 223 g/mol. The molecule has 88 valence electrons. The molecule has 1 aromatic rings. The highest BCUT2D eigenvalue weighted by Gasteiger charge is 2.08. The Hall–Kier alpha value is -1.55. The van der Waals surface area contributed by atoms with Crippen molar-refractivity contribution < 1.29 is 15.0 Å². The van der Waals surface area contributed by atoms with Gasteiger partial charge in [0.1, 0.15) is 5.75 Å². The number of aliphatic carboxylic acids is 1. The zero-order valence-corrected chi connectivity index (χ0v) is 9.31. The van der Waals surface area contributed by atoms with Crippen LogP contribution in [-0.2, 0) is 4.79 Å². The maximum Gasteiger partial charge on any atom is 0.304 e. The molecule has 4 heteroatoms. The van der Waals surface area contributed by atoms with E-state index < -0.39 is 5.97 Å². The van der Waals surface area contributed by atoms with Crippen LogP contribution >= 0.6 is 0 Å². The molecule has 0 saturated heterocycles. The van der Waals surface area contributed by atoms with Crippen LogP contribution in [0.1, 0.15) is 31.4 Å². The Morgan fingerprint density at radius 1 is 1.38 bits per heavy atom. The number of carboxylic acid groups (broad SMARTS) is 1. The summed E-state index contributed by atoms with van der Waals surface area (Å²) in [7, 11) is 0. The van der Waals surface area contributed by atoms with Gasteiger partial charge in [-0.3, -0.25) is 4.79 Å². The third-order valence-electron chi connectivity index (χ3n) is 2.43. The van der Waals surface area contributed by atoms with Gasteiger partial charge in [0, 0.05) is 12.6 Å². The predicted molar refractivity (Wildman–Crippen MR) is 61.4 cm³/mol. The molecule has 1 rings (SSSR count). The highest BCUT2D eigenvalue weighted by Crippen LogP contribution is 2.19. The maximum absolute atomic E-state index is 10.4. The van der Waals surface area contributed by atoms with Crippen LogP contribution in [0.2, 0.25) is 0 Å². The minimum absolute atomic E-state index is 0.120. The van der Waals surface area contributed by atoms with Crippen LogP contribution < -0.4 is 5.32 Å². The molecule has 0 aliphatic heterocycles. The minimum atomic E-state index is -0.798. The van der Waals surface area contributed by atoms with Gasteiger partial charge in [-0.05, 0) is 24.1 Å². The molecule has 0 aliphatic carbocycles. The van der Waals surface area contributed by atoms with E-state index in [1.54, 1.807) is 12.1 Å². The van der Waals surface area contributed by atoms with E-state index in [0.717, 1.165) is 12.0 Å². The van der Waals surface area contributed by atoms with E-state index in [2.05, 4.69) is 5.32 Å². The van der Waals surface area contributed by atoms with E-state index >= 15 is 0 Å². The fraction of sp³-hybridized carbons (Fsp3) is 0.417. The maximum atomic E-state index is 10.4. The summed E-state index contributed by atoms with van der Waals surface area (Å²) < 4.78 is 0. The number of hydrogen-bond acceptors (Lipinski definition) is 3. The molecule has 0 amide bonds. The third kappa shape index (κ3) is 3.90. The van der Waals surface area contributed by atoms with Gasteiger partial charge in [0.25, 0.3) is 0 Å². The molecule has 0 aromatic heterocycles. The molecule has 0 bridgehead atoms. The average molecular weight is 223 g/mol. The summed E-state index contributed by atoms with van der Waals surface area (Å²) in [5, 5.41) is 20.9. The summed E-state index contributed by atoms with van der Waals surface area (Å²) in [4.78, 5) is 10.4. The Morgan fingerprint density at radius 2 is 2.00 bits per heavy atom. The van der Waals surface area contributed by atoms with Crippen molar-refractivity contribution in [3.63, 3.8) is 0 Å². The zero-order valence-electron chi connectivity index (χ0n) is 9.31. The molecule has 1 atom stereocenters. The van der Waals surface area contributed by atoms with Crippen molar-refractivity contribution in [1.82, 2.24) is 5.32 Å². The Bertz CT molecular complexity index is 335. The second-order valence-electron chi connectivity index (χ2n) is 3.65. The van der Waals surface area contributed by atoms with Crippen molar-refractivity contribution in [3.05, 3.63) is 29.8 Å². The Labute approximate surface area is 94.9 Å². The van der Waals surface area contributed by atoms with Gasteiger partial charge in [-0.15, -0.1) is 0 Å². The number of nitrogens with one attached hydrogen (secondary N) is 1. The fourth-order valence-corrected chi connectivity index (χ4v) is 1.56. The van der Waals surface area contributed by atoms with Crippen LogP contribution in [0.25, 0.3) is 0 Å². The van der Waals surface area contributed by atoms with Gasteiger partial charge in [-0.25, -0.2) is 0 Å². The van der Waals surface area contributed by atoms with Crippen molar-refractivity contribution in [2.24, 2.45) is 0 Å². The number of benzene rings is 1. The van der Waals surface area contributed by atoms with Gasteiger partial charge in [0.15, 0.2) is 0 Å². The number of phenols is 1. The lowest BCUT2D eigenvalue weighted by molar-refractivity contribution is -0.136. The lowest BCUT2D eigenvalue weighted by Gasteiger charge is -2.16. The number of carbonyl (C=O) groups is 1. The highest BCUT2D eigenvalue weighted by molar-refractivity contribution is 5.66. The zero-order chi connectivity index (χ0) is 12.0. The minimum Gasteiger partial charge on any atom is -0.508 e. The Morgan fingerprint density at radius 3 is 2.50 bits per heavy atom. The molecular weight excluding hydrogens is 206 g/mol. The second kappa shape index (κ2) is 6.12. The highest BCUT2D eigenvalue weighted by atomic mass is 16.4. The molecule has 0 aliphatic rings. The van der Waals surface area contributed by atoms with Gasteiger partial charge in [0.2, 0.25) is 0 Å². The van der Waals surface area contributed by atoms with E-state index in [1.807, 2.05) is 19.1 Å².